The molecule has 1 amide bonds. The van der Waals surface area contributed by atoms with Crippen LogP contribution in [0.1, 0.15) is 31.2 Å². The summed E-state index contributed by atoms with van der Waals surface area (Å²) < 4.78 is 0. The molecule has 1 heterocycles. The van der Waals surface area contributed by atoms with Crippen molar-refractivity contribution in [3.63, 3.8) is 0 Å². The zero-order valence-electron chi connectivity index (χ0n) is 12.0. The van der Waals surface area contributed by atoms with Gasteiger partial charge in [0.2, 0.25) is 5.91 Å². The van der Waals surface area contributed by atoms with Gasteiger partial charge in [0.1, 0.15) is 0 Å². The maximum absolute atomic E-state index is 12.6. The van der Waals surface area contributed by atoms with E-state index < -0.39 is 0 Å². The van der Waals surface area contributed by atoms with Gasteiger partial charge in [0.25, 0.3) is 0 Å². The molecule has 1 aromatic carbocycles. The molecule has 1 saturated heterocycles. The fourth-order valence-corrected chi connectivity index (χ4v) is 3.20. The molecule has 2 aliphatic rings. The van der Waals surface area contributed by atoms with Gasteiger partial charge in [-0.05, 0) is 56.2 Å². The largest absolute Gasteiger partial charge is 0.334 e. The highest BCUT2D eigenvalue weighted by Gasteiger charge is 2.36. The molecule has 3 rings (SSSR count). The van der Waals surface area contributed by atoms with Gasteiger partial charge < -0.3 is 10.2 Å². The first-order chi connectivity index (χ1) is 9.78. The summed E-state index contributed by atoms with van der Waals surface area (Å²) in [5.41, 5.74) is 1.24. The van der Waals surface area contributed by atoms with E-state index >= 15 is 0 Å². The summed E-state index contributed by atoms with van der Waals surface area (Å²) in [4.78, 5) is 16.0. The maximum Gasteiger partial charge on any atom is 0.240 e. The zero-order valence-corrected chi connectivity index (χ0v) is 12.8. The standard InChI is InChI=1S/C16H22N2OS/c1-20-14-8-4-12(5-9-14)11-18(13-6-7-13)16(19)15-3-2-10-17-15/h4-5,8-9,13,15,17H,2-3,6-7,10-11H2,1H3. The minimum atomic E-state index is 0.0565. The van der Waals surface area contributed by atoms with Crippen LogP contribution in [-0.4, -0.2) is 35.7 Å². The lowest BCUT2D eigenvalue weighted by Crippen LogP contribution is -2.44. The van der Waals surface area contributed by atoms with Crippen molar-refractivity contribution in [1.29, 1.82) is 0 Å². The molecule has 1 atom stereocenters. The summed E-state index contributed by atoms with van der Waals surface area (Å²) in [5.74, 6) is 0.305. The first-order valence-electron chi connectivity index (χ1n) is 7.45. The molecule has 20 heavy (non-hydrogen) atoms. The number of amides is 1. The van der Waals surface area contributed by atoms with Gasteiger partial charge in [-0.25, -0.2) is 0 Å². The summed E-state index contributed by atoms with van der Waals surface area (Å²) in [6.45, 7) is 1.74. The van der Waals surface area contributed by atoms with E-state index in [9.17, 15) is 4.79 Å². The van der Waals surface area contributed by atoms with Crippen molar-refractivity contribution in [2.45, 2.75) is 49.2 Å². The van der Waals surface area contributed by atoms with Gasteiger partial charge in [-0.3, -0.25) is 4.79 Å². The van der Waals surface area contributed by atoms with Crippen LogP contribution in [0.3, 0.4) is 0 Å². The Bertz CT molecular complexity index is 464. The Morgan fingerprint density at radius 2 is 2.05 bits per heavy atom. The first-order valence-corrected chi connectivity index (χ1v) is 8.67. The van der Waals surface area contributed by atoms with E-state index in [0.717, 1.165) is 25.9 Å². The van der Waals surface area contributed by atoms with Gasteiger partial charge in [-0.2, -0.15) is 0 Å². The summed E-state index contributed by atoms with van der Waals surface area (Å²) >= 11 is 1.75. The molecule has 0 spiro atoms. The van der Waals surface area contributed by atoms with Gasteiger partial charge in [-0.1, -0.05) is 12.1 Å². The fourth-order valence-electron chi connectivity index (χ4n) is 2.80. The van der Waals surface area contributed by atoms with Crippen molar-refractivity contribution < 1.29 is 4.79 Å². The molecule has 1 N–H and O–H groups in total. The van der Waals surface area contributed by atoms with E-state index in [4.69, 9.17) is 0 Å². The highest BCUT2D eigenvalue weighted by atomic mass is 32.2. The molecule has 1 aliphatic carbocycles. The number of hydrogen-bond donors (Lipinski definition) is 1. The highest BCUT2D eigenvalue weighted by Crippen LogP contribution is 2.30. The highest BCUT2D eigenvalue weighted by molar-refractivity contribution is 7.98. The zero-order chi connectivity index (χ0) is 13.9. The average molecular weight is 290 g/mol. The van der Waals surface area contributed by atoms with E-state index in [-0.39, 0.29) is 6.04 Å². The second kappa shape index (κ2) is 6.19. The van der Waals surface area contributed by atoms with Gasteiger partial charge >= 0.3 is 0 Å². The van der Waals surface area contributed by atoms with Crippen molar-refractivity contribution in [2.24, 2.45) is 0 Å². The Labute approximate surface area is 125 Å². The van der Waals surface area contributed by atoms with Crippen LogP contribution in [-0.2, 0) is 11.3 Å². The quantitative estimate of drug-likeness (QED) is 0.846. The lowest BCUT2D eigenvalue weighted by molar-refractivity contribution is -0.134. The second-order valence-corrected chi connectivity index (χ2v) is 6.57. The molecule has 108 valence electrons. The number of carbonyl (C=O) groups is 1. The summed E-state index contributed by atoms with van der Waals surface area (Å²) in [5, 5.41) is 3.33. The van der Waals surface area contributed by atoms with Crippen LogP contribution in [0.4, 0.5) is 0 Å². The lowest BCUT2D eigenvalue weighted by Gasteiger charge is -2.26. The average Bonchev–Trinajstić information content (AvgIpc) is 3.18. The van der Waals surface area contributed by atoms with Crippen LogP contribution in [0.15, 0.2) is 29.2 Å². The molecule has 1 unspecified atom stereocenters. The summed E-state index contributed by atoms with van der Waals surface area (Å²) in [7, 11) is 0. The topological polar surface area (TPSA) is 32.3 Å². The third kappa shape index (κ3) is 3.18. The second-order valence-electron chi connectivity index (χ2n) is 5.69. The molecular formula is C16H22N2OS. The minimum absolute atomic E-state index is 0.0565. The Morgan fingerprint density at radius 3 is 2.60 bits per heavy atom. The molecular weight excluding hydrogens is 268 g/mol. The van der Waals surface area contributed by atoms with Crippen LogP contribution in [0, 0.1) is 0 Å². The smallest absolute Gasteiger partial charge is 0.240 e. The van der Waals surface area contributed by atoms with Gasteiger partial charge in [-0.15, -0.1) is 11.8 Å². The SMILES string of the molecule is CSc1ccc(CN(C(=O)C2CCCN2)C2CC2)cc1. The Balaban J connectivity index is 1.68. The van der Waals surface area contributed by atoms with Gasteiger partial charge in [0, 0.05) is 17.5 Å². The Kier molecular flexibility index (Phi) is 4.32. The number of carbonyl (C=O) groups excluding carboxylic acids is 1. The molecule has 0 aromatic heterocycles. The Hall–Kier alpha value is -1.00. The third-order valence-electron chi connectivity index (χ3n) is 4.14. The van der Waals surface area contributed by atoms with Crippen LogP contribution < -0.4 is 5.32 Å². The summed E-state index contributed by atoms with van der Waals surface area (Å²) in [6.07, 6.45) is 6.54. The van der Waals surface area contributed by atoms with Crippen molar-refractivity contribution in [1.82, 2.24) is 10.2 Å². The Morgan fingerprint density at radius 1 is 1.30 bits per heavy atom. The van der Waals surface area contributed by atoms with Crippen LogP contribution in [0.25, 0.3) is 0 Å². The predicted octanol–water partition coefficient (Wildman–Crippen LogP) is 2.65. The number of rotatable bonds is 5. The van der Waals surface area contributed by atoms with Gasteiger partial charge in [0.15, 0.2) is 0 Å². The van der Waals surface area contributed by atoms with E-state index in [0.29, 0.717) is 11.9 Å². The minimum Gasteiger partial charge on any atom is -0.334 e. The molecule has 1 saturated carbocycles. The van der Waals surface area contributed by atoms with E-state index in [1.54, 1.807) is 11.8 Å². The van der Waals surface area contributed by atoms with Crippen LogP contribution in [0.5, 0.6) is 0 Å². The number of hydrogen-bond acceptors (Lipinski definition) is 3. The molecule has 0 radical (unpaired) electrons. The molecule has 2 fully saturated rings. The molecule has 4 heteroatoms. The fraction of sp³-hybridized carbons (Fsp3) is 0.562. The number of thioether (sulfide) groups is 1. The molecule has 1 aromatic rings. The maximum atomic E-state index is 12.6. The van der Waals surface area contributed by atoms with E-state index in [1.165, 1.54) is 23.3 Å². The van der Waals surface area contributed by atoms with Crippen LogP contribution in [0.2, 0.25) is 0 Å². The van der Waals surface area contributed by atoms with Crippen molar-refractivity contribution >= 4 is 17.7 Å². The monoisotopic (exact) mass is 290 g/mol. The summed E-state index contributed by atoms with van der Waals surface area (Å²) in [6, 6.07) is 9.12. The van der Waals surface area contributed by atoms with E-state index in [2.05, 4.69) is 40.7 Å². The lowest BCUT2D eigenvalue weighted by atomic mass is 10.1. The van der Waals surface area contributed by atoms with Crippen molar-refractivity contribution in [3.05, 3.63) is 29.8 Å². The number of benzene rings is 1. The van der Waals surface area contributed by atoms with E-state index in [1.807, 2.05) is 0 Å². The van der Waals surface area contributed by atoms with Gasteiger partial charge in [0.05, 0.1) is 6.04 Å². The third-order valence-corrected chi connectivity index (χ3v) is 4.88. The first kappa shape index (κ1) is 14.0. The molecule has 1 aliphatic heterocycles. The van der Waals surface area contributed by atoms with Crippen molar-refractivity contribution in [2.75, 3.05) is 12.8 Å². The predicted molar refractivity (Wildman–Crippen MR) is 82.8 cm³/mol. The number of nitrogens with one attached hydrogen (secondary N) is 1. The number of nitrogens with zero attached hydrogens (tertiary/aromatic N) is 1. The normalized spacial score (nSPS) is 21.9. The van der Waals surface area contributed by atoms with Crippen molar-refractivity contribution in [3.8, 4) is 0 Å². The molecule has 0 bridgehead atoms. The molecule has 3 nitrogen and oxygen atoms in total. The van der Waals surface area contributed by atoms with Crippen LogP contribution >= 0.6 is 11.8 Å².